The molecule has 0 fully saturated rings. The Bertz CT molecular complexity index is 448. The van der Waals surface area contributed by atoms with Gasteiger partial charge in [-0.1, -0.05) is 0 Å². The van der Waals surface area contributed by atoms with Gasteiger partial charge in [-0.25, -0.2) is 0 Å². The molecule has 0 aliphatic carbocycles. The van der Waals surface area contributed by atoms with E-state index in [-0.39, 0.29) is 18.9 Å². The van der Waals surface area contributed by atoms with Crippen molar-refractivity contribution in [2.45, 2.75) is 39.3 Å². The molecule has 5 nitrogen and oxygen atoms in total. The predicted molar refractivity (Wildman–Crippen MR) is 73.2 cm³/mol. The standard InChI is InChI=1S/C13H19NO4S/c1-13(2,3)18-12(17)7-14-6-9-4-10(19-8-9)5-11(15)16/h4,8,14H,5-7H2,1-3H3,(H,15,16). The minimum absolute atomic E-state index is 0.0384. The SMILES string of the molecule is CC(C)(C)OC(=O)CNCc1csc(CC(=O)O)c1. The number of nitrogens with one attached hydrogen (secondary N) is 1. The van der Waals surface area contributed by atoms with Crippen LogP contribution in [0.3, 0.4) is 0 Å². The lowest BCUT2D eigenvalue weighted by atomic mass is 10.2. The van der Waals surface area contributed by atoms with Crippen molar-refractivity contribution in [1.82, 2.24) is 5.32 Å². The number of carbonyl (C=O) groups is 2. The molecule has 0 aliphatic rings. The van der Waals surface area contributed by atoms with E-state index in [4.69, 9.17) is 9.84 Å². The fraction of sp³-hybridized carbons (Fsp3) is 0.538. The minimum Gasteiger partial charge on any atom is -0.481 e. The summed E-state index contributed by atoms with van der Waals surface area (Å²) in [5, 5.41) is 13.5. The number of carboxylic acid groups (broad SMARTS) is 1. The molecule has 0 saturated heterocycles. The lowest BCUT2D eigenvalue weighted by molar-refractivity contribution is -0.153. The van der Waals surface area contributed by atoms with Crippen molar-refractivity contribution in [1.29, 1.82) is 0 Å². The number of rotatable bonds is 6. The molecule has 1 aromatic heterocycles. The highest BCUT2D eigenvalue weighted by Gasteiger charge is 2.15. The van der Waals surface area contributed by atoms with Gasteiger partial charge in [0.1, 0.15) is 5.60 Å². The van der Waals surface area contributed by atoms with E-state index in [1.165, 1.54) is 11.3 Å². The fourth-order valence-corrected chi connectivity index (χ4v) is 2.33. The van der Waals surface area contributed by atoms with Gasteiger partial charge in [-0.3, -0.25) is 9.59 Å². The number of thiophene rings is 1. The Morgan fingerprint density at radius 3 is 2.68 bits per heavy atom. The summed E-state index contributed by atoms with van der Waals surface area (Å²) in [5.41, 5.74) is 0.500. The Hall–Kier alpha value is -1.40. The number of hydrogen-bond acceptors (Lipinski definition) is 5. The topological polar surface area (TPSA) is 75.6 Å². The number of aliphatic carboxylic acids is 1. The van der Waals surface area contributed by atoms with Crippen molar-refractivity contribution in [3.05, 3.63) is 21.9 Å². The zero-order valence-corrected chi connectivity index (χ0v) is 12.2. The number of carboxylic acids is 1. The molecule has 0 aliphatic heterocycles. The molecule has 19 heavy (non-hydrogen) atoms. The van der Waals surface area contributed by atoms with Gasteiger partial charge >= 0.3 is 11.9 Å². The second-order valence-corrected chi connectivity index (χ2v) is 6.18. The summed E-state index contributed by atoms with van der Waals surface area (Å²) in [7, 11) is 0. The van der Waals surface area contributed by atoms with Crippen LogP contribution in [0.25, 0.3) is 0 Å². The number of carbonyl (C=O) groups excluding carboxylic acids is 1. The van der Waals surface area contributed by atoms with Gasteiger partial charge in [-0.2, -0.15) is 0 Å². The van der Waals surface area contributed by atoms with Gasteiger partial charge in [0.25, 0.3) is 0 Å². The maximum Gasteiger partial charge on any atom is 0.320 e. The lowest BCUT2D eigenvalue weighted by Gasteiger charge is -2.19. The van der Waals surface area contributed by atoms with Crippen LogP contribution in [0.1, 0.15) is 31.2 Å². The average Bonchev–Trinajstić information content (AvgIpc) is 2.61. The number of esters is 1. The van der Waals surface area contributed by atoms with Crippen molar-refractivity contribution < 1.29 is 19.4 Å². The van der Waals surface area contributed by atoms with Crippen LogP contribution in [0.2, 0.25) is 0 Å². The van der Waals surface area contributed by atoms with Crippen LogP contribution in [0.15, 0.2) is 11.4 Å². The van der Waals surface area contributed by atoms with Crippen molar-refractivity contribution in [3.63, 3.8) is 0 Å². The first-order chi connectivity index (χ1) is 8.76. The molecule has 2 N–H and O–H groups in total. The third kappa shape index (κ3) is 6.93. The van der Waals surface area contributed by atoms with Crippen LogP contribution >= 0.6 is 11.3 Å². The Balaban J connectivity index is 2.31. The summed E-state index contributed by atoms with van der Waals surface area (Å²) in [5.74, 6) is -1.14. The second-order valence-electron chi connectivity index (χ2n) is 5.18. The van der Waals surface area contributed by atoms with Gasteiger partial charge in [-0.05, 0) is 37.8 Å². The quantitative estimate of drug-likeness (QED) is 0.780. The molecule has 1 aromatic rings. The molecule has 6 heteroatoms. The molecule has 0 radical (unpaired) electrons. The summed E-state index contributed by atoms with van der Waals surface area (Å²) in [6, 6.07) is 1.83. The summed E-state index contributed by atoms with van der Waals surface area (Å²) < 4.78 is 5.16. The van der Waals surface area contributed by atoms with Crippen LogP contribution < -0.4 is 5.32 Å². The van der Waals surface area contributed by atoms with E-state index in [2.05, 4.69) is 5.32 Å². The Kier molecular flexibility index (Phi) is 5.50. The highest BCUT2D eigenvalue weighted by atomic mass is 32.1. The Labute approximate surface area is 116 Å². The van der Waals surface area contributed by atoms with E-state index < -0.39 is 11.6 Å². The molecular formula is C13H19NO4S. The predicted octanol–water partition coefficient (Wildman–Crippen LogP) is 1.81. The highest BCUT2D eigenvalue weighted by Crippen LogP contribution is 2.15. The van der Waals surface area contributed by atoms with Crippen LogP contribution in [0, 0.1) is 0 Å². The van der Waals surface area contributed by atoms with Crippen LogP contribution in [-0.4, -0.2) is 29.2 Å². The van der Waals surface area contributed by atoms with E-state index in [0.717, 1.165) is 10.4 Å². The molecule has 0 spiro atoms. The first kappa shape index (κ1) is 15.7. The van der Waals surface area contributed by atoms with E-state index in [1.807, 2.05) is 32.2 Å². The van der Waals surface area contributed by atoms with Gasteiger partial charge < -0.3 is 15.2 Å². The Morgan fingerprint density at radius 2 is 2.11 bits per heavy atom. The third-order valence-electron chi connectivity index (χ3n) is 2.05. The summed E-state index contributed by atoms with van der Waals surface area (Å²) in [6.07, 6.45) is 0.0384. The van der Waals surface area contributed by atoms with Gasteiger partial charge in [0.05, 0.1) is 13.0 Å². The normalized spacial score (nSPS) is 11.3. The summed E-state index contributed by atoms with van der Waals surface area (Å²) >= 11 is 1.41. The first-order valence-electron chi connectivity index (χ1n) is 5.97. The largest absolute Gasteiger partial charge is 0.481 e. The van der Waals surface area contributed by atoms with E-state index in [0.29, 0.717) is 6.54 Å². The van der Waals surface area contributed by atoms with Crippen molar-refractivity contribution in [3.8, 4) is 0 Å². The minimum atomic E-state index is -0.838. The molecule has 106 valence electrons. The zero-order chi connectivity index (χ0) is 14.5. The summed E-state index contributed by atoms with van der Waals surface area (Å²) in [6.45, 7) is 6.13. The average molecular weight is 285 g/mol. The molecule has 0 atom stereocenters. The lowest BCUT2D eigenvalue weighted by Crippen LogP contribution is -2.31. The van der Waals surface area contributed by atoms with Gasteiger partial charge in [0.15, 0.2) is 0 Å². The summed E-state index contributed by atoms with van der Waals surface area (Å²) in [4.78, 5) is 22.8. The molecule has 1 heterocycles. The maximum atomic E-state index is 11.4. The van der Waals surface area contributed by atoms with Gasteiger partial charge in [0, 0.05) is 11.4 Å². The highest BCUT2D eigenvalue weighted by molar-refractivity contribution is 7.10. The molecule has 0 bridgehead atoms. The molecule has 0 saturated carbocycles. The van der Waals surface area contributed by atoms with Crippen LogP contribution in [-0.2, 0) is 27.3 Å². The van der Waals surface area contributed by atoms with E-state index in [1.54, 1.807) is 0 Å². The van der Waals surface area contributed by atoms with Gasteiger partial charge in [-0.15, -0.1) is 11.3 Å². The van der Waals surface area contributed by atoms with Gasteiger partial charge in [0.2, 0.25) is 0 Å². The van der Waals surface area contributed by atoms with Crippen molar-refractivity contribution in [2.75, 3.05) is 6.54 Å². The molecular weight excluding hydrogens is 266 g/mol. The molecule has 1 rings (SSSR count). The smallest absolute Gasteiger partial charge is 0.320 e. The molecule has 0 aromatic carbocycles. The fourth-order valence-electron chi connectivity index (χ4n) is 1.45. The second kappa shape index (κ2) is 6.68. The van der Waals surface area contributed by atoms with Crippen LogP contribution in [0.4, 0.5) is 0 Å². The van der Waals surface area contributed by atoms with Crippen molar-refractivity contribution in [2.24, 2.45) is 0 Å². The Morgan fingerprint density at radius 1 is 1.42 bits per heavy atom. The third-order valence-corrected chi connectivity index (χ3v) is 3.04. The molecule has 0 unspecified atom stereocenters. The maximum absolute atomic E-state index is 11.4. The first-order valence-corrected chi connectivity index (χ1v) is 6.85. The number of ether oxygens (including phenoxy) is 1. The van der Waals surface area contributed by atoms with E-state index >= 15 is 0 Å². The van der Waals surface area contributed by atoms with Crippen LogP contribution in [0.5, 0.6) is 0 Å². The number of hydrogen-bond donors (Lipinski definition) is 2. The molecule has 0 amide bonds. The monoisotopic (exact) mass is 285 g/mol. The van der Waals surface area contributed by atoms with E-state index in [9.17, 15) is 9.59 Å². The zero-order valence-electron chi connectivity index (χ0n) is 11.4. The van der Waals surface area contributed by atoms with Crippen molar-refractivity contribution >= 4 is 23.3 Å².